The number of nitrogens with one attached hydrogen (secondary N) is 1. The second kappa shape index (κ2) is 7.34. The number of carbonyl (C=O) groups is 2. The first-order chi connectivity index (χ1) is 12.1. The van der Waals surface area contributed by atoms with Crippen LogP contribution < -0.4 is 10.2 Å². The van der Waals surface area contributed by atoms with Crippen LogP contribution in [-0.2, 0) is 0 Å². The van der Waals surface area contributed by atoms with Crippen molar-refractivity contribution in [2.45, 2.75) is 19.3 Å². The lowest BCUT2D eigenvalue weighted by Gasteiger charge is -2.29. The highest BCUT2D eigenvalue weighted by molar-refractivity contribution is 6.08. The number of nitrogens with zero attached hydrogens (tertiary/aromatic N) is 1. The van der Waals surface area contributed by atoms with Gasteiger partial charge in [-0.1, -0.05) is 12.1 Å². The first-order valence-corrected chi connectivity index (χ1v) is 8.24. The molecule has 1 heterocycles. The number of carboxylic acid groups (broad SMARTS) is 1. The van der Waals surface area contributed by atoms with Gasteiger partial charge < -0.3 is 15.3 Å². The van der Waals surface area contributed by atoms with E-state index >= 15 is 0 Å². The van der Waals surface area contributed by atoms with Gasteiger partial charge in [-0.2, -0.15) is 0 Å². The summed E-state index contributed by atoms with van der Waals surface area (Å²) in [5.41, 5.74) is 0.842. The van der Waals surface area contributed by atoms with Gasteiger partial charge in [0.15, 0.2) is 0 Å². The Labute approximate surface area is 145 Å². The highest BCUT2D eigenvalue weighted by Crippen LogP contribution is 2.26. The molecule has 1 saturated heterocycles. The van der Waals surface area contributed by atoms with Gasteiger partial charge in [-0.05, 0) is 49.6 Å². The van der Waals surface area contributed by atoms with Gasteiger partial charge in [0.1, 0.15) is 5.82 Å². The molecule has 25 heavy (non-hydrogen) atoms. The number of anilines is 2. The van der Waals surface area contributed by atoms with Gasteiger partial charge in [-0.15, -0.1) is 0 Å². The average molecular weight is 342 g/mol. The summed E-state index contributed by atoms with van der Waals surface area (Å²) in [6.45, 7) is 1.78. The molecule has 0 aliphatic carbocycles. The number of carbonyl (C=O) groups excluding carboxylic acids is 1. The van der Waals surface area contributed by atoms with E-state index in [9.17, 15) is 19.1 Å². The molecule has 1 amide bonds. The van der Waals surface area contributed by atoms with E-state index in [1.54, 1.807) is 24.3 Å². The maximum Gasteiger partial charge on any atom is 0.337 e. The molecule has 2 N–H and O–H groups in total. The van der Waals surface area contributed by atoms with Crippen LogP contribution in [0.2, 0.25) is 0 Å². The van der Waals surface area contributed by atoms with Crippen molar-refractivity contribution in [3.05, 3.63) is 59.4 Å². The quantitative estimate of drug-likeness (QED) is 0.887. The van der Waals surface area contributed by atoms with E-state index in [-0.39, 0.29) is 16.8 Å². The fourth-order valence-electron chi connectivity index (χ4n) is 3.00. The van der Waals surface area contributed by atoms with E-state index in [4.69, 9.17) is 0 Å². The number of hydrogen-bond acceptors (Lipinski definition) is 3. The molecular formula is C19H19FN2O3. The van der Waals surface area contributed by atoms with Crippen LogP contribution in [0, 0.1) is 5.82 Å². The molecular weight excluding hydrogens is 323 g/mol. The van der Waals surface area contributed by atoms with Crippen molar-refractivity contribution in [1.29, 1.82) is 0 Å². The molecule has 5 nitrogen and oxygen atoms in total. The van der Waals surface area contributed by atoms with Crippen LogP contribution in [0.5, 0.6) is 0 Å². The summed E-state index contributed by atoms with van der Waals surface area (Å²) in [5, 5.41) is 12.0. The lowest BCUT2D eigenvalue weighted by Crippen LogP contribution is -2.29. The molecule has 0 atom stereocenters. The zero-order chi connectivity index (χ0) is 17.8. The lowest BCUT2D eigenvalue weighted by atomic mass is 10.1. The van der Waals surface area contributed by atoms with Crippen molar-refractivity contribution in [2.24, 2.45) is 0 Å². The Morgan fingerprint density at radius 1 is 1.00 bits per heavy atom. The number of amides is 1. The van der Waals surface area contributed by atoms with Crippen molar-refractivity contribution < 1.29 is 19.1 Å². The van der Waals surface area contributed by atoms with E-state index in [1.165, 1.54) is 24.6 Å². The van der Waals surface area contributed by atoms with Crippen LogP contribution in [0.25, 0.3) is 0 Å². The number of carboxylic acids is 1. The lowest BCUT2D eigenvalue weighted by molar-refractivity contribution is 0.0698. The standard InChI is InChI=1S/C19H19FN2O3/c20-16-7-3-2-6-14(16)18(23)21-17-9-8-13(12-15(17)19(24)25)22-10-4-1-5-11-22/h2-3,6-9,12H,1,4-5,10-11H2,(H,21,23)(H,24,25). The predicted molar refractivity (Wildman–Crippen MR) is 93.8 cm³/mol. The number of hydrogen-bond donors (Lipinski definition) is 2. The summed E-state index contributed by atoms with van der Waals surface area (Å²) in [6.07, 6.45) is 3.33. The normalized spacial score (nSPS) is 14.2. The highest BCUT2D eigenvalue weighted by Gasteiger charge is 2.19. The van der Waals surface area contributed by atoms with Crippen molar-refractivity contribution in [1.82, 2.24) is 0 Å². The molecule has 2 aromatic carbocycles. The molecule has 0 unspecified atom stereocenters. The molecule has 0 saturated carbocycles. The Balaban J connectivity index is 1.87. The van der Waals surface area contributed by atoms with Crippen LogP contribution in [0.4, 0.5) is 15.8 Å². The van der Waals surface area contributed by atoms with Gasteiger partial charge >= 0.3 is 5.97 Å². The van der Waals surface area contributed by atoms with E-state index in [2.05, 4.69) is 10.2 Å². The number of benzene rings is 2. The summed E-state index contributed by atoms with van der Waals surface area (Å²) in [4.78, 5) is 26.0. The number of piperidine rings is 1. The van der Waals surface area contributed by atoms with E-state index < -0.39 is 17.7 Å². The summed E-state index contributed by atoms with van der Waals surface area (Å²) in [6, 6.07) is 10.5. The molecule has 0 spiro atoms. The van der Waals surface area contributed by atoms with Crippen molar-refractivity contribution >= 4 is 23.3 Å². The van der Waals surface area contributed by atoms with Gasteiger partial charge in [0.05, 0.1) is 16.8 Å². The molecule has 0 bridgehead atoms. The second-order valence-corrected chi connectivity index (χ2v) is 6.02. The Bertz CT molecular complexity index is 801. The Morgan fingerprint density at radius 3 is 2.40 bits per heavy atom. The minimum atomic E-state index is -1.14. The summed E-state index contributed by atoms with van der Waals surface area (Å²) < 4.78 is 13.7. The molecule has 2 aromatic rings. The minimum Gasteiger partial charge on any atom is -0.478 e. The summed E-state index contributed by atoms with van der Waals surface area (Å²) >= 11 is 0. The fourth-order valence-corrected chi connectivity index (χ4v) is 3.00. The van der Waals surface area contributed by atoms with Gasteiger partial charge in [-0.25, -0.2) is 9.18 Å². The molecule has 3 rings (SSSR count). The Morgan fingerprint density at radius 2 is 1.72 bits per heavy atom. The van der Waals surface area contributed by atoms with E-state index in [0.29, 0.717) is 0 Å². The predicted octanol–water partition coefficient (Wildman–Crippen LogP) is 3.77. The molecule has 6 heteroatoms. The third kappa shape index (κ3) is 3.79. The topological polar surface area (TPSA) is 69.6 Å². The van der Waals surface area contributed by atoms with E-state index in [0.717, 1.165) is 31.6 Å². The highest BCUT2D eigenvalue weighted by atomic mass is 19.1. The number of halogens is 1. The van der Waals surface area contributed by atoms with Gasteiger partial charge in [-0.3, -0.25) is 4.79 Å². The Hall–Kier alpha value is -2.89. The average Bonchev–Trinajstić information content (AvgIpc) is 2.63. The third-order valence-electron chi connectivity index (χ3n) is 4.32. The van der Waals surface area contributed by atoms with Crippen LogP contribution in [-0.4, -0.2) is 30.1 Å². The monoisotopic (exact) mass is 342 g/mol. The maximum absolute atomic E-state index is 13.7. The van der Waals surface area contributed by atoms with Crippen LogP contribution >= 0.6 is 0 Å². The van der Waals surface area contributed by atoms with Crippen molar-refractivity contribution in [3.8, 4) is 0 Å². The molecule has 0 radical (unpaired) electrons. The second-order valence-electron chi connectivity index (χ2n) is 6.02. The molecule has 0 aromatic heterocycles. The third-order valence-corrected chi connectivity index (χ3v) is 4.32. The zero-order valence-corrected chi connectivity index (χ0v) is 13.7. The zero-order valence-electron chi connectivity index (χ0n) is 13.7. The molecule has 1 aliphatic rings. The van der Waals surface area contributed by atoms with Gasteiger partial charge in [0.25, 0.3) is 5.91 Å². The maximum atomic E-state index is 13.7. The molecule has 130 valence electrons. The fraction of sp³-hybridized carbons (Fsp3) is 0.263. The van der Waals surface area contributed by atoms with Crippen molar-refractivity contribution in [3.63, 3.8) is 0 Å². The van der Waals surface area contributed by atoms with Crippen LogP contribution in [0.1, 0.15) is 40.0 Å². The summed E-state index contributed by atoms with van der Waals surface area (Å²) in [5.74, 6) is -2.46. The van der Waals surface area contributed by atoms with Crippen LogP contribution in [0.15, 0.2) is 42.5 Å². The SMILES string of the molecule is O=C(Nc1ccc(N2CCCCC2)cc1C(=O)O)c1ccccc1F. The first kappa shape index (κ1) is 17.0. The van der Waals surface area contributed by atoms with E-state index in [1.807, 2.05) is 0 Å². The number of rotatable bonds is 4. The molecule has 1 fully saturated rings. The number of aromatic carboxylic acids is 1. The van der Waals surface area contributed by atoms with Gasteiger partial charge in [0.2, 0.25) is 0 Å². The molecule has 1 aliphatic heterocycles. The van der Waals surface area contributed by atoms with Gasteiger partial charge in [0, 0.05) is 18.8 Å². The largest absolute Gasteiger partial charge is 0.478 e. The van der Waals surface area contributed by atoms with Crippen LogP contribution in [0.3, 0.4) is 0 Å². The smallest absolute Gasteiger partial charge is 0.337 e. The summed E-state index contributed by atoms with van der Waals surface area (Å²) in [7, 11) is 0. The first-order valence-electron chi connectivity index (χ1n) is 8.24. The Kier molecular flexibility index (Phi) is 4.97. The minimum absolute atomic E-state index is 0.00670. The van der Waals surface area contributed by atoms with Crippen molar-refractivity contribution in [2.75, 3.05) is 23.3 Å².